The molecule has 1 aliphatic carbocycles. The zero-order chi connectivity index (χ0) is 13.1. The highest BCUT2D eigenvalue weighted by Crippen LogP contribution is 2.33. The molecule has 2 aromatic rings. The second-order valence-electron chi connectivity index (χ2n) is 5.55. The van der Waals surface area contributed by atoms with Gasteiger partial charge in [-0.25, -0.2) is 0 Å². The van der Waals surface area contributed by atoms with Crippen LogP contribution in [0.3, 0.4) is 0 Å². The number of fused-ring (bicyclic) bond motifs is 1. The summed E-state index contributed by atoms with van der Waals surface area (Å²) in [5, 5.41) is 0. The van der Waals surface area contributed by atoms with E-state index in [2.05, 4.69) is 16.0 Å². The van der Waals surface area contributed by atoms with Gasteiger partial charge in [-0.2, -0.15) is 0 Å². The lowest BCUT2D eigenvalue weighted by atomic mass is 9.87. The summed E-state index contributed by atoms with van der Waals surface area (Å²) in [6.45, 7) is 0. The number of nitrogens with zero attached hydrogens (tertiary/aromatic N) is 2. The molecule has 3 rings (SSSR count). The summed E-state index contributed by atoms with van der Waals surface area (Å²) in [6.07, 6.45) is 11.3. The molecule has 19 heavy (non-hydrogen) atoms. The molecule has 3 nitrogen and oxygen atoms in total. The maximum Gasteiger partial charge on any atom is 0.0934 e. The van der Waals surface area contributed by atoms with E-state index in [1.165, 1.54) is 38.5 Å². The first-order valence-electron chi connectivity index (χ1n) is 7.31. The summed E-state index contributed by atoms with van der Waals surface area (Å²) in [5.41, 5.74) is 9.62. The Morgan fingerprint density at radius 3 is 2.53 bits per heavy atom. The SMILES string of the molecule is NC(c1cccc2nccnc12)C1CCCCCC1. The van der Waals surface area contributed by atoms with Crippen LogP contribution in [0.2, 0.25) is 0 Å². The summed E-state index contributed by atoms with van der Waals surface area (Å²) in [4.78, 5) is 8.85. The molecular formula is C16H21N3. The Morgan fingerprint density at radius 2 is 1.74 bits per heavy atom. The molecule has 100 valence electrons. The van der Waals surface area contributed by atoms with Crippen LogP contribution in [0.1, 0.15) is 50.1 Å². The van der Waals surface area contributed by atoms with E-state index in [-0.39, 0.29) is 6.04 Å². The summed E-state index contributed by atoms with van der Waals surface area (Å²) < 4.78 is 0. The molecule has 1 unspecified atom stereocenters. The van der Waals surface area contributed by atoms with E-state index in [0.717, 1.165) is 16.6 Å². The van der Waals surface area contributed by atoms with Crippen molar-refractivity contribution >= 4 is 11.0 Å². The van der Waals surface area contributed by atoms with Crippen LogP contribution in [0.4, 0.5) is 0 Å². The average Bonchev–Trinajstić information content (AvgIpc) is 2.75. The van der Waals surface area contributed by atoms with E-state index in [1.54, 1.807) is 12.4 Å². The van der Waals surface area contributed by atoms with Gasteiger partial charge in [0.15, 0.2) is 0 Å². The van der Waals surface area contributed by atoms with Gasteiger partial charge in [-0.3, -0.25) is 9.97 Å². The predicted molar refractivity (Wildman–Crippen MR) is 77.7 cm³/mol. The largest absolute Gasteiger partial charge is 0.324 e. The molecule has 1 aliphatic rings. The number of rotatable bonds is 2. The quantitative estimate of drug-likeness (QED) is 0.834. The normalized spacial score (nSPS) is 19.2. The summed E-state index contributed by atoms with van der Waals surface area (Å²) in [6, 6.07) is 6.26. The average molecular weight is 255 g/mol. The second kappa shape index (κ2) is 5.66. The minimum Gasteiger partial charge on any atom is -0.324 e. The summed E-state index contributed by atoms with van der Waals surface area (Å²) in [7, 11) is 0. The first-order valence-corrected chi connectivity index (χ1v) is 7.31. The zero-order valence-electron chi connectivity index (χ0n) is 11.3. The fourth-order valence-electron chi connectivity index (χ4n) is 3.21. The van der Waals surface area contributed by atoms with E-state index in [9.17, 15) is 0 Å². The molecule has 0 spiro atoms. The minimum atomic E-state index is 0.0958. The van der Waals surface area contributed by atoms with Crippen LogP contribution in [0.5, 0.6) is 0 Å². The van der Waals surface area contributed by atoms with Crippen LogP contribution in [0, 0.1) is 5.92 Å². The number of nitrogens with two attached hydrogens (primary N) is 1. The van der Waals surface area contributed by atoms with Crippen molar-refractivity contribution in [2.45, 2.75) is 44.6 Å². The third kappa shape index (κ3) is 2.61. The fraction of sp³-hybridized carbons (Fsp3) is 0.500. The maximum atomic E-state index is 6.54. The van der Waals surface area contributed by atoms with E-state index in [4.69, 9.17) is 5.73 Å². The molecule has 3 heteroatoms. The molecule has 1 saturated carbocycles. The van der Waals surface area contributed by atoms with Gasteiger partial charge >= 0.3 is 0 Å². The lowest BCUT2D eigenvalue weighted by molar-refractivity contribution is 0.384. The molecular weight excluding hydrogens is 234 g/mol. The smallest absolute Gasteiger partial charge is 0.0934 e. The Morgan fingerprint density at radius 1 is 1.00 bits per heavy atom. The number of para-hydroxylation sites is 1. The topological polar surface area (TPSA) is 51.8 Å². The highest BCUT2D eigenvalue weighted by molar-refractivity contribution is 5.78. The molecule has 0 aliphatic heterocycles. The Kier molecular flexibility index (Phi) is 3.74. The van der Waals surface area contributed by atoms with Gasteiger partial charge in [-0.15, -0.1) is 0 Å². The van der Waals surface area contributed by atoms with E-state index >= 15 is 0 Å². The van der Waals surface area contributed by atoms with Crippen LogP contribution < -0.4 is 5.73 Å². The number of hydrogen-bond donors (Lipinski definition) is 1. The van der Waals surface area contributed by atoms with Crippen LogP contribution in [0.15, 0.2) is 30.6 Å². The molecule has 1 fully saturated rings. The van der Waals surface area contributed by atoms with Crippen molar-refractivity contribution in [2.75, 3.05) is 0 Å². The third-order valence-corrected chi connectivity index (χ3v) is 4.30. The Labute approximate surface area is 114 Å². The summed E-state index contributed by atoms with van der Waals surface area (Å²) >= 11 is 0. The van der Waals surface area contributed by atoms with Gasteiger partial charge in [0.1, 0.15) is 0 Å². The molecule has 1 aromatic carbocycles. The standard InChI is InChI=1S/C16H21N3/c17-15(12-6-3-1-2-4-7-12)13-8-5-9-14-16(13)19-11-10-18-14/h5,8-12,15H,1-4,6-7,17H2. The van der Waals surface area contributed by atoms with Crippen molar-refractivity contribution < 1.29 is 0 Å². The van der Waals surface area contributed by atoms with Crippen LogP contribution in [-0.2, 0) is 0 Å². The molecule has 0 amide bonds. The Bertz CT molecular complexity index is 539. The summed E-state index contributed by atoms with van der Waals surface area (Å²) in [5.74, 6) is 0.593. The molecule has 1 atom stereocenters. The van der Waals surface area contributed by atoms with Crippen molar-refractivity contribution in [3.05, 3.63) is 36.2 Å². The van der Waals surface area contributed by atoms with Gasteiger partial charge in [0, 0.05) is 18.4 Å². The lowest BCUT2D eigenvalue weighted by Crippen LogP contribution is -2.21. The lowest BCUT2D eigenvalue weighted by Gasteiger charge is -2.23. The highest BCUT2D eigenvalue weighted by Gasteiger charge is 2.22. The third-order valence-electron chi connectivity index (χ3n) is 4.30. The van der Waals surface area contributed by atoms with Gasteiger partial charge < -0.3 is 5.73 Å². The molecule has 0 bridgehead atoms. The first kappa shape index (κ1) is 12.5. The van der Waals surface area contributed by atoms with E-state index in [1.807, 2.05) is 12.1 Å². The van der Waals surface area contributed by atoms with Crippen molar-refractivity contribution in [3.8, 4) is 0 Å². The number of aromatic nitrogens is 2. The van der Waals surface area contributed by atoms with Crippen LogP contribution in [-0.4, -0.2) is 9.97 Å². The van der Waals surface area contributed by atoms with Crippen molar-refractivity contribution in [1.82, 2.24) is 9.97 Å². The van der Waals surface area contributed by atoms with Crippen LogP contribution in [0.25, 0.3) is 11.0 Å². The van der Waals surface area contributed by atoms with Gasteiger partial charge in [-0.05, 0) is 30.4 Å². The second-order valence-corrected chi connectivity index (χ2v) is 5.55. The van der Waals surface area contributed by atoms with Crippen molar-refractivity contribution in [1.29, 1.82) is 0 Å². The highest BCUT2D eigenvalue weighted by atomic mass is 14.8. The van der Waals surface area contributed by atoms with Crippen LogP contribution >= 0.6 is 0 Å². The predicted octanol–water partition coefficient (Wildman–Crippen LogP) is 3.60. The minimum absolute atomic E-state index is 0.0958. The van der Waals surface area contributed by atoms with E-state index < -0.39 is 0 Å². The van der Waals surface area contributed by atoms with Gasteiger partial charge in [0.2, 0.25) is 0 Å². The first-order chi connectivity index (χ1) is 9.36. The number of benzene rings is 1. The maximum absolute atomic E-state index is 6.54. The van der Waals surface area contributed by atoms with Crippen molar-refractivity contribution in [2.24, 2.45) is 11.7 Å². The Balaban J connectivity index is 1.94. The molecule has 0 radical (unpaired) electrons. The fourth-order valence-corrected chi connectivity index (χ4v) is 3.21. The molecule has 1 heterocycles. The molecule has 2 N–H and O–H groups in total. The van der Waals surface area contributed by atoms with Gasteiger partial charge in [0.05, 0.1) is 11.0 Å². The van der Waals surface area contributed by atoms with Gasteiger partial charge in [-0.1, -0.05) is 37.8 Å². The number of hydrogen-bond acceptors (Lipinski definition) is 3. The molecule has 0 saturated heterocycles. The zero-order valence-corrected chi connectivity index (χ0v) is 11.3. The van der Waals surface area contributed by atoms with E-state index in [0.29, 0.717) is 5.92 Å². The Hall–Kier alpha value is -1.48. The van der Waals surface area contributed by atoms with Gasteiger partial charge in [0.25, 0.3) is 0 Å². The molecule has 1 aromatic heterocycles. The monoisotopic (exact) mass is 255 g/mol. The van der Waals surface area contributed by atoms with Crippen molar-refractivity contribution in [3.63, 3.8) is 0 Å².